The Morgan fingerprint density at radius 3 is 2.48 bits per heavy atom. The third-order valence-electron chi connectivity index (χ3n) is 2.87. The summed E-state index contributed by atoms with van der Waals surface area (Å²) in [4.78, 5) is 11.8. The molecule has 2 N–H and O–H groups in total. The SMILES string of the molecule is O=C(CNc1cccc(C(F)(F)F)c1)Nc1cccc(Cl)c1Cl. The highest BCUT2D eigenvalue weighted by atomic mass is 35.5. The molecule has 2 aromatic carbocycles. The fraction of sp³-hybridized carbons (Fsp3) is 0.133. The second-order valence-electron chi connectivity index (χ2n) is 4.58. The molecule has 0 aliphatic heterocycles. The van der Waals surface area contributed by atoms with Crippen molar-refractivity contribution in [1.82, 2.24) is 0 Å². The van der Waals surface area contributed by atoms with Crippen LogP contribution in [0.4, 0.5) is 24.5 Å². The Balaban J connectivity index is 1.98. The first kappa shape index (κ1) is 17.4. The van der Waals surface area contributed by atoms with Gasteiger partial charge in [-0.25, -0.2) is 0 Å². The van der Waals surface area contributed by atoms with E-state index < -0.39 is 17.6 Å². The summed E-state index contributed by atoms with van der Waals surface area (Å²) in [7, 11) is 0. The number of carbonyl (C=O) groups is 1. The molecule has 8 heteroatoms. The van der Waals surface area contributed by atoms with Crippen LogP contribution in [0.3, 0.4) is 0 Å². The highest BCUT2D eigenvalue weighted by Crippen LogP contribution is 2.31. The van der Waals surface area contributed by atoms with E-state index in [0.717, 1.165) is 12.1 Å². The van der Waals surface area contributed by atoms with Crippen LogP contribution in [0.1, 0.15) is 5.56 Å². The van der Waals surface area contributed by atoms with Gasteiger partial charge in [-0.3, -0.25) is 4.79 Å². The van der Waals surface area contributed by atoms with Crippen molar-refractivity contribution in [2.45, 2.75) is 6.18 Å². The van der Waals surface area contributed by atoms with E-state index >= 15 is 0 Å². The molecular weight excluding hydrogens is 352 g/mol. The zero-order valence-electron chi connectivity index (χ0n) is 11.5. The average molecular weight is 363 g/mol. The normalized spacial score (nSPS) is 11.2. The van der Waals surface area contributed by atoms with Crippen molar-refractivity contribution in [1.29, 1.82) is 0 Å². The molecule has 0 aliphatic rings. The van der Waals surface area contributed by atoms with Gasteiger partial charge in [0.2, 0.25) is 5.91 Å². The van der Waals surface area contributed by atoms with Crippen LogP contribution in [0.15, 0.2) is 42.5 Å². The fourth-order valence-corrected chi connectivity index (χ4v) is 2.13. The van der Waals surface area contributed by atoms with E-state index in [4.69, 9.17) is 23.2 Å². The van der Waals surface area contributed by atoms with Gasteiger partial charge >= 0.3 is 6.18 Å². The van der Waals surface area contributed by atoms with E-state index in [1.54, 1.807) is 18.2 Å². The zero-order chi connectivity index (χ0) is 17.0. The predicted molar refractivity (Wildman–Crippen MR) is 85.0 cm³/mol. The molecule has 3 nitrogen and oxygen atoms in total. The van der Waals surface area contributed by atoms with Gasteiger partial charge in [0, 0.05) is 5.69 Å². The third-order valence-corrected chi connectivity index (χ3v) is 3.69. The van der Waals surface area contributed by atoms with Crippen LogP contribution in [0.25, 0.3) is 0 Å². The minimum Gasteiger partial charge on any atom is -0.376 e. The number of benzene rings is 2. The van der Waals surface area contributed by atoms with Gasteiger partial charge in [-0.15, -0.1) is 0 Å². The number of carbonyl (C=O) groups excluding carboxylic acids is 1. The second-order valence-corrected chi connectivity index (χ2v) is 5.37. The van der Waals surface area contributed by atoms with Gasteiger partial charge in [0.1, 0.15) is 0 Å². The lowest BCUT2D eigenvalue weighted by Gasteiger charge is -2.11. The maximum absolute atomic E-state index is 12.6. The number of amides is 1. The Morgan fingerprint density at radius 2 is 1.78 bits per heavy atom. The van der Waals surface area contributed by atoms with Crippen LogP contribution >= 0.6 is 23.2 Å². The lowest BCUT2D eigenvalue weighted by Crippen LogP contribution is -2.22. The van der Waals surface area contributed by atoms with Crippen LogP contribution < -0.4 is 10.6 Å². The van der Waals surface area contributed by atoms with Crippen molar-refractivity contribution in [3.63, 3.8) is 0 Å². The van der Waals surface area contributed by atoms with Crippen molar-refractivity contribution in [3.8, 4) is 0 Å². The highest BCUT2D eigenvalue weighted by molar-refractivity contribution is 6.44. The molecule has 122 valence electrons. The van der Waals surface area contributed by atoms with E-state index in [1.807, 2.05) is 0 Å². The standard InChI is InChI=1S/C15H11Cl2F3N2O/c16-11-5-2-6-12(14(11)17)22-13(23)8-21-10-4-1-3-9(7-10)15(18,19)20/h1-7,21H,8H2,(H,22,23). The Morgan fingerprint density at radius 1 is 1.09 bits per heavy atom. The van der Waals surface area contributed by atoms with E-state index in [1.165, 1.54) is 12.1 Å². The smallest absolute Gasteiger partial charge is 0.376 e. The van der Waals surface area contributed by atoms with E-state index in [0.29, 0.717) is 5.69 Å². The summed E-state index contributed by atoms with van der Waals surface area (Å²) in [5, 5.41) is 5.63. The Kier molecular flexibility index (Phi) is 5.38. The average Bonchev–Trinajstić information content (AvgIpc) is 2.49. The predicted octanol–water partition coefficient (Wildman–Crippen LogP) is 5.06. The number of alkyl halides is 3. The van der Waals surface area contributed by atoms with Crippen LogP contribution in [0, 0.1) is 0 Å². The minimum atomic E-state index is -4.44. The van der Waals surface area contributed by atoms with E-state index in [-0.39, 0.29) is 22.3 Å². The quantitative estimate of drug-likeness (QED) is 0.797. The second kappa shape index (κ2) is 7.10. The van der Waals surface area contributed by atoms with Gasteiger partial charge in [0.05, 0.1) is 27.8 Å². The number of hydrogen-bond donors (Lipinski definition) is 2. The summed E-state index contributed by atoms with van der Waals surface area (Å²) in [6, 6.07) is 9.34. The molecule has 0 atom stereocenters. The van der Waals surface area contributed by atoms with Crippen molar-refractivity contribution in [3.05, 3.63) is 58.1 Å². The molecule has 0 unspecified atom stereocenters. The molecule has 0 radical (unpaired) electrons. The molecule has 23 heavy (non-hydrogen) atoms. The number of hydrogen-bond acceptors (Lipinski definition) is 2. The van der Waals surface area contributed by atoms with E-state index in [9.17, 15) is 18.0 Å². The summed E-state index contributed by atoms with van der Waals surface area (Å²) >= 11 is 11.8. The van der Waals surface area contributed by atoms with Crippen LogP contribution in [0.5, 0.6) is 0 Å². The van der Waals surface area contributed by atoms with E-state index in [2.05, 4.69) is 10.6 Å². The summed E-state index contributed by atoms with van der Waals surface area (Å²) in [6.07, 6.45) is -4.44. The van der Waals surface area contributed by atoms with Crippen molar-refractivity contribution in [2.24, 2.45) is 0 Å². The molecule has 0 aromatic heterocycles. The molecule has 0 bridgehead atoms. The molecule has 1 amide bonds. The number of halogens is 5. The monoisotopic (exact) mass is 362 g/mol. The van der Waals surface area contributed by atoms with Crippen LogP contribution in [-0.4, -0.2) is 12.5 Å². The summed E-state index contributed by atoms with van der Waals surface area (Å²) in [5.41, 5.74) is -0.275. The van der Waals surface area contributed by atoms with Crippen molar-refractivity contribution in [2.75, 3.05) is 17.2 Å². The number of anilines is 2. The summed E-state index contributed by atoms with van der Waals surface area (Å²) < 4.78 is 37.8. The Hall–Kier alpha value is -1.92. The van der Waals surface area contributed by atoms with Gasteiger partial charge in [0.15, 0.2) is 0 Å². The molecule has 0 spiro atoms. The van der Waals surface area contributed by atoms with Gasteiger partial charge < -0.3 is 10.6 Å². The molecule has 2 aromatic rings. The third kappa shape index (κ3) is 4.77. The topological polar surface area (TPSA) is 41.1 Å². The molecule has 2 rings (SSSR count). The maximum Gasteiger partial charge on any atom is 0.416 e. The van der Waals surface area contributed by atoms with Crippen molar-refractivity contribution >= 4 is 40.5 Å². The Labute approximate surface area is 140 Å². The van der Waals surface area contributed by atoms with Gasteiger partial charge in [0.25, 0.3) is 0 Å². The first-order valence-corrected chi connectivity index (χ1v) is 7.18. The first-order valence-electron chi connectivity index (χ1n) is 6.42. The fourth-order valence-electron chi connectivity index (χ4n) is 1.78. The van der Waals surface area contributed by atoms with Crippen LogP contribution in [-0.2, 0) is 11.0 Å². The lowest BCUT2D eigenvalue weighted by atomic mass is 10.2. The molecular formula is C15H11Cl2F3N2O. The maximum atomic E-state index is 12.6. The van der Waals surface area contributed by atoms with Crippen molar-refractivity contribution < 1.29 is 18.0 Å². The largest absolute Gasteiger partial charge is 0.416 e. The molecule has 0 aliphatic carbocycles. The van der Waals surface area contributed by atoms with Gasteiger partial charge in [-0.05, 0) is 30.3 Å². The molecule has 0 heterocycles. The van der Waals surface area contributed by atoms with Gasteiger partial charge in [-0.1, -0.05) is 35.3 Å². The first-order chi connectivity index (χ1) is 10.8. The molecule has 0 saturated heterocycles. The summed E-state index contributed by atoms with van der Waals surface area (Å²) in [5.74, 6) is -0.466. The lowest BCUT2D eigenvalue weighted by molar-refractivity contribution is -0.137. The van der Waals surface area contributed by atoms with Gasteiger partial charge in [-0.2, -0.15) is 13.2 Å². The minimum absolute atomic E-state index is 0.187. The highest BCUT2D eigenvalue weighted by Gasteiger charge is 2.30. The zero-order valence-corrected chi connectivity index (χ0v) is 13.1. The molecule has 0 fully saturated rings. The summed E-state index contributed by atoms with van der Waals surface area (Å²) in [6.45, 7) is -0.218. The van der Waals surface area contributed by atoms with Crippen LogP contribution in [0.2, 0.25) is 10.0 Å². The molecule has 0 saturated carbocycles. The number of nitrogens with one attached hydrogen (secondary N) is 2. The Bertz CT molecular complexity index is 720. The number of rotatable bonds is 4.